The summed E-state index contributed by atoms with van der Waals surface area (Å²) in [5.74, 6) is 1.80. The van der Waals surface area contributed by atoms with Gasteiger partial charge < -0.3 is 10.2 Å². The molecule has 2 aromatic rings. The Morgan fingerprint density at radius 1 is 1.05 bits per heavy atom. The van der Waals surface area contributed by atoms with E-state index >= 15 is 0 Å². The molecule has 0 aromatic carbocycles. The van der Waals surface area contributed by atoms with Crippen molar-refractivity contribution < 1.29 is 0 Å². The van der Waals surface area contributed by atoms with Crippen molar-refractivity contribution in [2.75, 3.05) is 23.3 Å². The predicted molar refractivity (Wildman–Crippen MR) is 83.3 cm³/mol. The third kappa shape index (κ3) is 3.07. The van der Waals surface area contributed by atoms with Gasteiger partial charge in [-0.25, -0.2) is 15.0 Å². The van der Waals surface area contributed by atoms with E-state index in [9.17, 15) is 0 Å². The second-order valence-corrected chi connectivity index (χ2v) is 5.65. The average Bonchev–Trinajstić information content (AvgIpc) is 2.51. The van der Waals surface area contributed by atoms with Crippen LogP contribution in [0.25, 0.3) is 0 Å². The first-order valence-corrected chi connectivity index (χ1v) is 7.56. The van der Waals surface area contributed by atoms with E-state index < -0.39 is 0 Å². The molecule has 2 aromatic heterocycles. The predicted octanol–water partition coefficient (Wildman–Crippen LogP) is 3.37. The minimum absolute atomic E-state index is 0.743. The van der Waals surface area contributed by atoms with Crippen LogP contribution in [0.3, 0.4) is 0 Å². The van der Waals surface area contributed by atoms with E-state index in [0.29, 0.717) is 0 Å². The van der Waals surface area contributed by atoms with Crippen LogP contribution in [0.5, 0.6) is 0 Å². The second-order valence-electron chi connectivity index (χ2n) is 4.80. The van der Waals surface area contributed by atoms with Gasteiger partial charge in [0.1, 0.15) is 18.0 Å². The van der Waals surface area contributed by atoms with Gasteiger partial charge in [-0.3, -0.25) is 0 Å². The Kier molecular flexibility index (Phi) is 4.11. The van der Waals surface area contributed by atoms with Gasteiger partial charge in [-0.2, -0.15) is 0 Å². The highest BCUT2D eigenvalue weighted by molar-refractivity contribution is 9.10. The third-order valence-electron chi connectivity index (χ3n) is 3.36. The third-order valence-corrected chi connectivity index (χ3v) is 3.94. The molecule has 0 unspecified atom stereocenters. The molecular formula is C14H16BrN5. The van der Waals surface area contributed by atoms with Gasteiger partial charge in [0.05, 0.1) is 16.4 Å². The monoisotopic (exact) mass is 333 g/mol. The molecule has 3 heterocycles. The van der Waals surface area contributed by atoms with Crippen molar-refractivity contribution >= 4 is 33.3 Å². The highest BCUT2D eigenvalue weighted by atomic mass is 79.9. The van der Waals surface area contributed by atoms with Gasteiger partial charge >= 0.3 is 0 Å². The van der Waals surface area contributed by atoms with Crippen molar-refractivity contribution in [1.29, 1.82) is 0 Å². The molecule has 0 aliphatic carbocycles. The summed E-state index contributed by atoms with van der Waals surface area (Å²) in [4.78, 5) is 15.0. The Bertz CT molecular complexity index is 566. The highest BCUT2D eigenvalue weighted by Gasteiger charge is 2.11. The summed E-state index contributed by atoms with van der Waals surface area (Å²) in [6.45, 7) is 2.22. The number of nitrogens with zero attached hydrogens (tertiary/aromatic N) is 4. The zero-order valence-corrected chi connectivity index (χ0v) is 12.7. The van der Waals surface area contributed by atoms with Gasteiger partial charge in [0.25, 0.3) is 0 Å². The van der Waals surface area contributed by atoms with E-state index in [4.69, 9.17) is 0 Å². The summed E-state index contributed by atoms with van der Waals surface area (Å²) < 4.78 is 0.833. The molecule has 0 spiro atoms. The van der Waals surface area contributed by atoms with Gasteiger partial charge in [-0.15, -0.1) is 0 Å². The number of halogens is 1. The SMILES string of the molecule is Brc1cncnc1Nc1ccc(N2CCCCC2)nc1. The van der Waals surface area contributed by atoms with E-state index in [-0.39, 0.29) is 0 Å². The molecule has 1 aliphatic rings. The lowest BCUT2D eigenvalue weighted by Gasteiger charge is -2.27. The first-order valence-electron chi connectivity index (χ1n) is 6.76. The van der Waals surface area contributed by atoms with Crippen molar-refractivity contribution in [1.82, 2.24) is 15.0 Å². The lowest BCUT2D eigenvalue weighted by Crippen LogP contribution is -2.29. The molecule has 1 aliphatic heterocycles. The van der Waals surface area contributed by atoms with Crippen molar-refractivity contribution in [3.8, 4) is 0 Å². The van der Waals surface area contributed by atoms with Gasteiger partial charge in [0, 0.05) is 19.3 Å². The van der Waals surface area contributed by atoms with Crippen LogP contribution in [0.4, 0.5) is 17.3 Å². The van der Waals surface area contributed by atoms with Gasteiger partial charge in [-0.1, -0.05) is 0 Å². The molecule has 104 valence electrons. The number of pyridine rings is 1. The van der Waals surface area contributed by atoms with E-state index in [2.05, 4.69) is 47.2 Å². The smallest absolute Gasteiger partial charge is 0.148 e. The largest absolute Gasteiger partial charge is 0.357 e. The Morgan fingerprint density at radius 2 is 1.90 bits per heavy atom. The fraction of sp³-hybridized carbons (Fsp3) is 0.357. The second kappa shape index (κ2) is 6.17. The molecule has 20 heavy (non-hydrogen) atoms. The maximum Gasteiger partial charge on any atom is 0.148 e. The zero-order valence-electron chi connectivity index (χ0n) is 11.1. The number of rotatable bonds is 3. The summed E-state index contributed by atoms with van der Waals surface area (Å²) in [5, 5.41) is 3.22. The molecular weight excluding hydrogens is 318 g/mol. The normalized spacial score (nSPS) is 15.2. The van der Waals surface area contributed by atoms with Crippen LogP contribution in [0.2, 0.25) is 0 Å². The molecule has 6 heteroatoms. The molecule has 1 fully saturated rings. The lowest BCUT2D eigenvalue weighted by molar-refractivity contribution is 0.573. The van der Waals surface area contributed by atoms with E-state index in [1.165, 1.54) is 25.6 Å². The molecule has 0 saturated carbocycles. The van der Waals surface area contributed by atoms with Gasteiger partial charge in [0.15, 0.2) is 0 Å². The quantitative estimate of drug-likeness (QED) is 0.933. The van der Waals surface area contributed by atoms with Crippen LogP contribution in [0.15, 0.2) is 35.3 Å². The minimum Gasteiger partial charge on any atom is -0.357 e. The van der Waals surface area contributed by atoms with Crippen LogP contribution in [-0.2, 0) is 0 Å². The van der Waals surface area contributed by atoms with Gasteiger partial charge in [0.2, 0.25) is 0 Å². The number of nitrogens with one attached hydrogen (secondary N) is 1. The van der Waals surface area contributed by atoms with E-state index in [1.54, 1.807) is 6.20 Å². The maximum atomic E-state index is 4.53. The number of piperidine rings is 1. The van der Waals surface area contributed by atoms with Crippen LogP contribution < -0.4 is 10.2 Å². The van der Waals surface area contributed by atoms with Crippen molar-refractivity contribution in [3.05, 3.63) is 35.3 Å². The van der Waals surface area contributed by atoms with E-state index in [0.717, 1.165) is 34.9 Å². The maximum absolute atomic E-state index is 4.53. The van der Waals surface area contributed by atoms with Crippen molar-refractivity contribution in [3.63, 3.8) is 0 Å². The van der Waals surface area contributed by atoms with Crippen LogP contribution >= 0.6 is 15.9 Å². The summed E-state index contributed by atoms with van der Waals surface area (Å²) >= 11 is 3.41. The fourth-order valence-electron chi connectivity index (χ4n) is 2.31. The molecule has 0 bridgehead atoms. The van der Waals surface area contributed by atoms with E-state index in [1.807, 2.05) is 12.3 Å². The average molecular weight is 334 g/mol. The Morgan fingerprint density at radius 3 is 2.60 bits per heavy atom. The Balaban J connectivity index is 1.71. The fourth-order valence-corrected chi connectivity index (χ4v) is 2.63. The summed E-state index contributed by atoms with van der Waals surface area (Å²) in [6, 6.07) is 4.09. The molecule has 1 saturated heterocycles. The molecule has 3 rings (SSSR count). The first kappa shape index (κ1) is 13.3. The molecule has 5 nitrogen and oxygen atoms in total. The zero-order chi connectivity index (χ0) is 13.8. The summed E-state index contributed by atoms with van der Waals surface area (Å²) in [7, 11) is 0. The first-order chi connectivity index (χ1) is 9.83. The lowest BCUT2D eigenvalue weighted by atomic mass is 10.1. The number of anilines is 3. The Labute approximate surface area is 126 Å². The Hall–Kier alpha value is -1.69. The number of aromatic nitrogens is 3. The molecule has 0 amide bonds. The summed E-state index contributed by atoms with van der Waals surface area (Å²) in [5.41, 5.74) is 0.921. The molecule has 0 radical (unpaired) electrons. The highest BCUT2D eigenvalue weighted by Crippen LogP contribution is 2.23. The van der Waals surface area contributed by atoms with Crippen LogP contribution in [0.1, 0.15) is 19.3 Å². The van der Waals surface area contributed by atoms with Crippen molar-refractivity contribution in [2.45, 2.75) is 19.3 Å². The number of hydrogen-bond donors (Lipinski definition) is 1. The van der Waals surface area contributed by atoms with Crippen LogP contribution in [-0.4, -0.2) is 28.0 Å². The van der Waals surface area contributed by atoms with Crippen LogP contribution in [0, 0.1) is 0 Å². The topological polar surface area (TPSA) is 53.9 Å². The number of hydrogen-bond acceptors (Lipinski definition) is 5. The van der Waals surface area contributed by atoms with Crippen molar-refractivity contribution in [2.24, 2.45) is 0 Å². The standard InChI is InChI=1S/C14H16BrN5/c15-12-9-16-10-18-14(12)19-11-4-5-13(17-8-11)20-6-2-1-3-7-20/h4-5,8-10H,1-3,6-7H2,(H,16,18,19). The molecule has 1 N–H and O–H groups in total. The summed E-state index contributed by atoms with van der Waals surface area (Å²) in [6.07, 6.45) is 8.93. The minimum atomic E-state index is 0.743. The molecule has 0 atom stereocenters. The van der Waals surface area contributed by atoms with Gasteiger partial charge in [-0.05, 0) is 47.3 Å².